The van der Waals surface area contributed by atoms with Crippen LogP contribution in [0.25, 0.3) is 134 Å². The standard InChI is InChI=1S/C73H41N9/c74-42-46-11-7-19-52(31-46)56-23-27-67-63(37-56)64-38-57(53-20-8-12-47(32-53)43-75)24-28-68(64)81(67)61-35-60(73-79-71(50-15-3-1-4-16-50)78-72(80-73)51-17-5-2-6-18-51)36-62(41-61)82-69-29-25-58(54-21-9-13-48(33-54)44-76)39-65(69)66-40-59(26-30-70(66)82)55-22-10-14-49(34-55)45-77/h1-41H. The predicted octanol–water partition coefficient (Wildman–Crippen LogP) is 17.2. The second-order valence-electron chi connectivity index (χ2n) is 20.1. The van der Waals surface area contributed by atoms with E-state index in [1.165, 1.54) is 0 Å². The molecule has 0 unspecified atom stereocenters. The summed E-state index contributed by atoms with van der Waals surface area (Å²) in [6.07, 6.45) is 0. The van der Waals surface area contributed by atoms with Gasteiger partial charge in [-0.3, -0.25) is 0 Å². The van der Waals surface area contributed by atoms with E-state index in [0.29, 0.717) is 39.7 Å². The SMILES string of the molecule is N#Cc1cccc(-c2ccc3c(c2)c2cc(-c4cccc(C#N)c4)ccc2n3-c2cc(-c3nc(-c4ccccc4)nc(-c4ccccc4)n3)cc(-n3c4ccc(-c5cccc(C#N)c5)cc4c4cc(-c5cccc(C#N)c5)ccc43)c2)c1. The van der Waals surface area contributed by atoms with Gasteiger partial charge in [-0.15, -0.1) is 0 Å². The number of hydrogen-bond acceptors (Lipinski definition) is 7. The van der Waals surface area contributed by atoms with Gasteiger partial charge in [-0.25, -0.2) is 15.0 Å². The molecule has 3 aromatic heterocycles. The van der Waals surface area contributed by atoms with Crippen LogP contribution >= 0.6 is 0 Å². The summed E-state index contributed by atoms with van der Waals surface area (Å²) in [5.41, 5.74) is 17.8. The van der Waals surface area contributed by atoms with Gasteiger partial charge in [0.2, 0.25) is 0 Å². The van der Waals surface area contributed by atoms with Crippen molar-refractivity contribution in [2.45, 2.75) is 0 Å². The molecule has 0 N–H and O–H groups in total. The van der Waals surface area contributed by atoms with Gasteiger partial charge in [-0.2, -0.15) is 21.0 Å². The van der Waals surface area contributed by atoms with Gasteiger partial charge in [0, 0.05) is 49.6 Å². The zero-order valence-corrected chi connectivity index (χ0v) is 43.7. The molecule has 0 aliphatic carbocycles. The first-order valence-electron chi connectivity index (χ1n) is 26.6. The highest BCUT2D eigenvalue weighted by molar-refractivity contribution is 6.13. The minimum absolute atomic E-state index is 0.482. The minimum atomic E-state index is 0.482. The van der Waals surface area contributed by atoms with Crippen LogP contribution in [-0.2, 0) is 0 Å². The van der Waals surface area contributed by atoms with Gasteiger partial charge in [0.25, 0.3) is 0 Å². The number of benzene rings is 11. The molecule has 11 aromatic carbocycles. The van der Waals surface area contributed by atoms with E-state index < -0.39 is 0 Å². The van der Waals surface area contributed by atoms with E-state index in [4.69, 9.17) is 15.0 Å². The fraction of sp³-hybridized carbons (Fsp3) is 0. The predicted molar refractivity (Wildman–Crippen MR) is 325 cm³/mol. The lowest BCUT2D eigenvalue weighted by Gasteiger charge is -2.16. The summed E-state index contributed by atoms with van der Waals surface area (Å²) in [7, 11) is 0. The lowest BCUT2D eigenvalue weighted by atomic mass is 9.99. The van der Waals surface area contributed by atoms with Crippen LogP contribution in [0.4, 0.5) is 0 Å². The Hall–Kier alpha value is -12.0. The van der Waals surface area contributed by atoms with Crippen molar-refractivity contribution in [2.24, 2.45) is 0 Å². The molecule has 0 radical (unpaired) electrons. The quantitative estimate of drug-likeness (QED) is 0.140. The summed E-state index contributed by atoms with van der Waals surface area (Å²) in [5, 5.41) is 43.7. The molecular weight excluding hydrogens is 1000 g/mol. The summed E-state index contributed by atoms with van der Waals surface area (Å²) in [6, 6.07) is 92.3. The second kappa shape index (κ2) is 20.1. The largest absolute Gasteiger partial charge is 0.309 e. The maximum absolute atomic E-state index is 9.93. The van der Waals surface area contributed by atoms with Gasteiger partial charge < -0.3 is 9.13 Å². The second-order valence-corrected chi connectivity index (χ2v) is 20.1. The summed E-state index contributed by atoms with van der Waals surface area (Å²) in [6.45, 7) is 0. The van der Waals surface area contributed by atoms with Crippen molar-refractivity contribution >= 4 is 43.6 Å². The Morgan fingerprint density at radius 2 is 0.500 bits per heavy atom. The third-order valence-corrected chi connectivity index (χ3v) is 15.2. The Labute approximate surface area is 471 Å². The van der Waals surface area contributed by atoms with Crippen LogP contribution in [-0.4, -0.2) is 24.1 Å². The molecule has 9 heteroatoms. The van der Waals surface area contributed by atoms with Crippen LogP contribution in [0.5, 0.6) is 0 Å². The zero-order valence-electron chi connectivity index (χ0n) is 43.7. The van der Waals surface area contributed by atoms with E-state index in [1.807, 2.05) is 158 Å². The van der Waals surface area contributed by atoms with Crippen LogP contribution in [0.15, 0.2) is 249 Å². The van der Waals surface area contributed by atoms with E-state index in [9.17, 15) is 21.0 Å². The minimum Gasteiger partial charge on any atom is -0.309 e. The summed E-state index contributed by atoms with van der Waals surface area (Å²) >= 11 is 0. The van der Waals surface area contributed by atoms with Crippen LogP contribution in [0, 0.1) is 45.3 Å². The molecule has 0 amide bonds. The fourth-order valence-corrected chi connectivity index (χ4v) is 11.3. The van der Waals surface area contributed by atoms with Gasteiger partial charge >= 0.3 is 0 Å². The monoisotopic (exact) mass is 1040 g/mol. The third-order valence-electron chi connectivity index (χ3n) is 15.2. The Balaban J connectivity index is 1.07. The van der Waals surface area contributed by atoms with Gasteiger partial charge in [0.05, 0.1) is 68.6 Å². The molecule has 0 aliphatic heterocycles. The first kappa shape index (κ1) is 48.4. The average Bonchev–Trinajstić information content (AvgIpc) is 3.67. The van der Waals surface area contributed by atoms with Crippen molar-refractivity contribution in [3.8, 4) is 114 Å². The topological polar surface area (TPSA) is 144 Å². The van der Waals surface area contributed by atoms with Gasteiger partial charge in [0.15, 0.2) is 17.5 Å². The Bertz CT molecular complexity index is 4560. The third kappa shape index (κ3) is 8.63. The van der Waals surface area contributed by atoms with Crippen LogP contribution in [0.3, 0.4) is 0 Å². The van der Waals surface area contributed by atoms with Crippen molar-refractivity contribution in [1.82, 2.24) is 24.1 Å². The molecule has 0 aliphatic rings. The molecule has 0 atom stereocenters. The molecular formula is C73H41N9. The molecule has 3 heterocycles. The smallest absolute Gasteiger partial charge is 0.164 e. The summed E-state index contributed by atoms with van der Waals surface area (Å²) < 4.78 is 4.60. The number of rotatable bonds is 9. The number of aromatic nitrogens is 5. The molecule has 0 fully saturated rings. The van der Waals surface area contributed by atoms with Crippen LogP contribution in [0.1, 0.15) is 22.3 Å². The van der Waals surface area contributed by atoms with E-state index in [2.05, 4.69) is 124 Å². The highest BCUT2D eigenvalue weighted by atomic mass is 15.0. The normalized spacial score (nSPS) is 11.1. The molecule has 9 nitrogen and oxygen atoms in total. The Morgan fingerprint density at radius 1 is 0.232 bits per heavy atom. The van der Waals surface area contributed by atoms with Crippen molar-refractivity contribution in [3.63, 3.8) is 0 Å². The van der Waals surface area contributed by atoms with Gasteiger partial charge in [-0.1, -0.05) is 133 Å². The molecule has 0 saturated carbocycles. The lowest BCUT2D eigenvalue weighted by Crippen LogP contribution is -2.03. The van der Waals surface area contributed by atoms with Crippen LogP contribution < -0.4 is 0 Å². The molecule has 14 rings (SSSR count). The van der Waals surface area contributed by atoms with Gasteiger partial charge in [-0.05, 0) is 160 Å². The molecule has 0 spiro atoms. The van der Waals surface area contributed by atoms with Crippen molar-refractivity contribution < 1.29 is 0 Å². The Kier molecular flexibility index (Phi) is 11.9. The summed E-state index contributed by atoms with van der Waals surface area (Å²) in [5.74, 6) is 1.55. The summed E-state index contributed by atoms with van der Waals surface area (Å²) in [4.78, 5) is 15.7. The molecule has 0 saturated heterocycles. The van der Waals surface area contributed by atoms with Crippen molar-refractivity contribution in [3.05, 3.63) is 271 Å². The highest BCUT2D eigenvalue weighted by Gasteiger charge is 2.22. The van der Waals surface area contributed by atoms with E-state index in [1.54, 1.807) is 0 Å². The number of nitriles is 4. The molecule has 378 valence electrons. The lowest BCUT2D eigenvalue weighted by molar-refractivity contribution is 1.07. The fourth-order valence-electron chi connectivity index (χ4n) is 11.3. The molecule has 14 aromatic rings. The first-order chi connectivity index (χ1) is 40.4. The average molecular weight is 1040 g/mol. The Morgan fingerprint density at radius 3 is 0.793 bits per heavy atom. The number of hydrogen-bond donors (Lipinski definition) is 0. The maximum atomic E-state index is 9.93. The maximum Gasteiger partial charge on any atom is 0.164 e. The zero-order chi connectivity index (χ0) is 55.3. The first-order valence-corrected chi connectivity index (χ1v) is 26.6. The van der Waals surface area contributed by atoms with E-state index in [0.717, 1.165) is 116 Å². The van der Waals surface area contributed by atoms with Crippen molar-refractivity contribution in [2.75, 3.05) is 0 Å². The van der Waals surface area contributed by atoms with Crippen molar-refractivity contribution in [1.29, 1.82) is 21.0 Å². The molecule has 82 heavy (non-hydrogen) atoms. The number of fused-ring (bicyclic) bond motifs is 6. The molecule has 0 bridgehead atoms. The van der Waals surface area contributed by atoms with E-state index in [-0.39, 0.29) is 0 Å². The highest BCUT2D eigenvalue weighted by Crippen LogP contribution is 2.42. The van der Waals surface area contributed by atoms with Gasteiger partial charge in [0.1, 0.15) is 0 Å². The van der Waals surface area contributed by atoms with E-state index >= 15 is 0 Å². The number of nitrogens with zero attached hydrogens (tertiary/aromatic N) is 9. The van der Waals surface area contributed by atoms with Crippen LogP contribution in [0.2, 0.25) is 0 Å².